The number of methoxy groups -OCH3 is 1. The van der Waals surface area contributed by atoms with E-state index in [9.17, 15) is 4.79 Å². The van der Waals surface area contributed by atoms with Gasteiger partial charge >= 0.3 is 0 Å². The van der Waals surface area contributed by atoms with Crippen LogP contribution in [0.1, 0.15) is 50.3 Å². The molecule has 4 rings (SSSR count). The van der Waals surface area contributed by atoms with Crippen LogP contribution in [-0.4, -0.2) is 52.0 Å². The van der Waals surface area contributed by atoms with Crippen LogP contribution in [0.15, 0.2) is 60.8 Å². The number of aromatic nitrogens is 3. The second kappa shape index (κ2) is 10.6. The summed E-state index contributed by atoms with van der Waals surface area (Å²) in [6.45, 7) is 6.67. The fourth-order valence-corrected chi connectivity index (χ4v) is 4.56. The Labute approximate surface area is 196 Å². The summed E-state index contributed by atoms with van der Waals surface area (Å²) in [5.41, 5.74) is 2.43. The summed E-state index contributed by atoms with van der Waals surface area (Å²) in [5, 5.41) is 8.67. The second-order valence-electron chi connectivity index (χ2n) is 8.59. The van der Waals surface area contributed by atoms with E-state index >= 15 is 0 Å². The highest BCUT2D eigenvalue weighted by Gasteiger charge is 2.31. The lowest BCUT2D eigenvalue weighted by molar-refractivity contribution is -0.119. The van der Waals surface area contributed by atoms with Crippen molar-refractivity contribution in [2.24, 2.45) is 0 Å². The van der Waals surface area contributed by atoms with Crippen molar-refractivity contribution in [1.29, 1.82) is 0 Å². The standard InChI is InChI=1S/C26H33N5O2/c1-4-26(32)31(23-14-16-29(17-15-23)20(2)22-8-6-5-7-9-22)25-19-30(28-27-25)18-21-10-12-24(33-3)13-11-21/h5-13,19-20,23H,4,14-18H2,1-3H3. The monoisotopic (exact) mass is 447 g/mol. The third-order valence-corrected chi connectivity index (χ3v) is 6.54. The van der Waals surface area contributed by atoms with Gasteiger partial charge in [0.05, 0.1) is 19.9 Å². The minimum absolute atomic E-state index is 0.0982. The molecule has 33 heavy (non-hydrogen) atoms. The van der Waals surface area contributed by atoms with E-state index in [2.05, 4.69) is 52.5 Å². The van der Waals surface area contributed by atoms with Gasteiger partial charge in [0, 0.05) is 31.6 Å². The number of likely N-dealkylation sites (tertiary alicyclic amines) is 1. The Bertz CT molecular complexity index is 1030. The Morgan fingerprint density at radius 1 is 1.12 bits per heavy atom. The normalized spacial score (nSPS) is 15.8. The van der Waals surface area contributed by atoms with E-state index in [0.717, 1.165) is 37.2 Å². The molecule has 1 atom stereocenters. The molecule has 7 nitrogen and oxygen atoms in total. The lowest BCUT2D eigenvalue weighted by atomic mass is 9.99. The van der Waals surface area contributed by atoms with Gasteiger partial charge in [-0.3, -0.25) is 14.6 Å². The van der Waals surface area contributed by atoms with E-state index in [0.29, 0.717) is 24.8 Å². The molecule has 0 spiro atoms. The second-order valence-corrected chi connectivity index (χ2v) is 8.59. The lowest BCUT2D eigenvalue weighted by Gasteiger charge is -2.40. The highest BCUT2D eigenvalue weighted by molar-refractivity contribution is 5.92. The van der Waals surface area contributed by atoms with Gasteiger partial charge in [-0.1, -0.05) is 54.6 Å². The molecule has 1 fully saturated rings. The van der Waals surface area contributed by atoms with Crippen molar-refractivity contribution in [2.45, 2.75) is 51.7 Å². The van der Waals surface area contributed by atoms with E-state index in [1.54, 1.807) is 11.8 Å². The zero-order valence-corrected chi connectivity index (χ0v) is 19.7. The van der Waals surface area contributed by atoms with Crippen molar-refractivity contribution >= 4 is 11.7 Å². The van der Waals surface area contributed by atoms with Gasteiger partial charge in [0.15, 0.2) is 5.82 Å². The van der Waals surface area contributed by atoms with Crippen LogP contribution >= 0.6 is 0 Å². The molecule has 1 aliphatic rings. The first-order chi connectivity index (χ1) is 16.1. The van der Waals surface area contributed by atoms with Crippen LogP contribution in [0.4, 0.5) is 5.82 Å². The molecule has 2 heterocycles. The number of nitrogens with zero attached hydrogens (tertiary/aromatic N) is 5. The van der Waals surface area contributed by atoms with Crippen molar-refractivity contribution in [3.63, 3.8) is 0 Å². The quantitative estimate of drug-likeness (QED) is 0.515. The maximum Gasteiger partial charge on any atom is 0.228 e. The molecule has 1 saturated heterocycles. The van der Waals surface area contributed by atoms with Crippen LogP contribution in [-0.2, 0) is 11.3 Å². The third-order valence-electron chi connectivity index (χ3n) is 6.54. The van der Waals surface area contributed by atoms with E-state index < -0.39 is 0 Å². The molecule has 0 radical (unpaired) electrons. The fraction of sp³-hybridized carbons (Fsp3) is 0.423. The zero-order chi connectivity index (χ0) is 23.2. The predicted molar refractivity (Wildman–Crippen MR) is 129 cm³/mol. The van der Waals surface area contributed by atoms with Gasteiger partial charge < -0.3 is 4.74 Å². The van der Waals surface area contributed by atoms with E-state index in [-0.39, 0.29) is 11.9 Å². The summed E-state index contributed by atoms with van der Waals surface area (Å²) < 4.78 is 7.02. The number of rotatable bonds is 8. The molecule has 0 bridgehead atoms. The first kappa shape index (κ1) is 23.0. The Morgan fingerprint density at radius 2 is 1.82 bits per heavy atom. The van der Waals surface area contributed by atoms with E-state index in [4.69, 9.17) is 4.74 Å². The van der Waals surface area contributed by atoms with Crippen molar-refractivity contribution < 1.29 is 9.53 Å². The molecule has 0 saturated carbocycles. The maximum absolute atomic E-state index is 12.9. The van der Waals surface area contributed by atoms with Gasteiger partial charge in [-0.05, 0) is 43.0 Å². The lowest BCUT2D eigenvalue weighted by Crippen LogP contribution is -2.48. The number of amides is 1. The van der Waals surface area contributed by atoms with Crippen LogP contribution in [0, 0.1) is 0 Å². The van der Waals surface area contributed by atoms with E-state index in [1.165, 1.54) is 5.56 Å². The summed E-state index contributed by atoms with van der Waals surface area (Å²) in [6.07, 6.45) is 4.19. The van der Waals surface area contributed by atoms with E-state index in [1.807, 2.05) is 42.3 Å². The van der Waals surface area contributed by atoms with Gasteiger partial charge in [0.2, 0.25) is 5.91 Å². The number of anilines is 1. The SMILES string of the molecule is CCC(=O)N(c1cn(Cc2ccc(OC)cc2)nn1)C1CCN(C(C)c2ccccc2)CC1. The van der Waals surface area contributed by atoms with Crippen LogP contribution in [0.3, 0.4) is 0 Å². The molecule has 0 aliphatic carbocycles. The maximum atomic E-state index is 12.9. The number of piperidine rings is 1. The highest BCUT2D eigenvalue weighted by atomic mass is 16.5. The highest BCUT2D eigenvalue weighted by Crippen LogP contribution is 2.28. The first-order valence-electron chi connectivity index (χ1n) is 11.7. The summed E-state index contributed by atoms with van der Waals surface area (Å²) in [5.74, 6) is 1.57. The minimum atomic E-state index is 0.0982. The van der Waals surface area contributed by atoms with Gasteiger partial charge in [0.25, 0.3) is 0 Å². The number of carbonyl (C=O) groups excluding carboxylic acids is 1. The molecule has 1 aliphatic heterocycles. The average Bonchev–Trinajstić information content (AvgIpc) is 3.32. The molecule has 2 aromatic carbocycles. The molecule has 3 aromatic rings. The Hall–Kier alpha value is -3.19. The smallest absolute Gasteiger partial charge is 0.228 e. The zero-order valence-electron chi connectivity index (χ0n) is 19.7. The molecule has 1 amide bonds. The van der Waals surface area contributed by atoms with Crippen molar-refractivity contribution in [3.8, 4) is 5.75 Å². The van der Waals surface area contributed by atoms with Crippen LogP contribution in [0.5, 0.6) is 5.75 Å². The van der Waals surface area contributed by atoms with Crippen molar-refractivity contribution in [1.82, 2.24) is 19.9 Å². The summed E-state index contributed by atoms with van der Waals surface area (Å²) in [6, 6.07) is 19.0. The molecule has 1 unspecified atom stereocenters. The largest absolute Gasteiger partial charge is 0.497 e. The predicted octanol–water partition coefficient (Wildman–Crippen LogP) is 4.30. The van der Waals surface area contributed by atoms with Gasteiger partial charge in [-0.2, -0.15) is 0 Å². The van der Waals surface area contributed by atoms with Gasteiger partial charge in [0.1, 0.15) is 5.75 Å². The molecule has 1 aromatic heterocycles. The Kier molecular flexibility index (Phi) is 7.40. The topological polar surface area (TPSA) is 63.5 Å². The fourth-order valence-electron chi connectivity index (χ4n) is 4.56. The number of hydrogen-bond donors (Lipinski definition) is 0. The number of ether oxygens (including phenoxy) is 1. The third kappa shape index (κ3) is 5.42. The number of benzene rings is 2. The Balaban J connectivity index is 1.43. The van der Waals surface area contributed by atoms with Crippen molar-refractivity contribution in [2.75, 3.05) is 25.1 Å². The van der Waals surface area contributed by atoms with Gasteiger partial charge in [-0.15, -0.1) is 5.10 Å². The molecule has 0 N–H and O–H groups in total. The molecule has 174 valence electrons. The van der Waals surface area contributed by atoms with Crippen molar-refractivity contribution in [3.05, 3.63) is 71.9 Å². The summed E-state index contributed by atoms with van der Waals surface area (Å²) in [7, 11) is 1.66. The molecular weight excluding hydrogens is 414 g/mol. The summed E-state index contributed by atoms with van der Waals surface area (Å²) in [4.78, 5) is 17.3. The van der Waals surface area contributed by atoms with Crippen LogP contribution < -0.4 is 9.64 Å². The molecule has 7 heteroatoms. The number of carbonyl (C=O) groups is 1. The summed E-state index contributed by atoms with van der Waals surface area (Å²) >= 11 is 0. The average molecular weight is 448 g/mol. The van der Waals surface area contributed by atoms with Crippen LogP contribution in [0.2, 0.25) is 0 Å². The van der Waals surface area contributed by atoms with Gasteiger partial charge in [-0.25, -0.2) is 4.68 Å². The Morgan fingerprint density at radius 3 is 2.45 bits per heavy atom. The molecular formula is C26H33N5O2. The first-order valence-corrected chi connectivity index (χ1v) is 11.7. The minimum Gasteiger partial charge on any atom is -0.497 e. The number of hydrogen-bond acceptors (Lipinski definition) is 5. The van der Waals surface area contributed by atoms with Crippen LogP contribution in [0.25, 0.3) is 0 Å².